The lowest BCUT2D eigenvalue weighted by atomic mass is 10.2. The summed E-state index contributed by atoms with van der Waals surface area (Å²) < 4.78 is 0. The predicted octanol–water partition coefficient (Wildman–Crippen LogP) is 0.110. The maximum Gasteiger partial charge on any atom is 0.254 e. The number of rotatable bonds is 2. The fourth-order valence-corrected chi connectivity index (χ4v) is 1.96. The fourth-order valence-electron chi connectivity index (χ4n) is 1.96. The summed E-state index contributed by atoms with van der Waals surface area (Å²) in [7, 11) is 3.74. The van der Waals surface area contributed by atoms with Gasteiger partial charge in [0.15, 0.2) is 0 Å². The highest BCUT2D eigenvalue weighted by molar-refractivity contribution is 5.97. The van der Waals surface area contributed by atoms with Gasteiger partial charge in [-0.2, -0.15) is 0 Å². The number of hydrogen-bond donors (Lipinski definition) is 1. The second-order valence-corrected chi connectivity index (χ2v) is 4.73. The van der Waals surface area contributed by atoms with Crippen molar-refractivity contribution in [3.05, 3.63) is 23.9 Å². The van der Waals surface area contributed by atoms with Crippen molar-refractivity contribution in [2.45, 2.75) is 6.42 Å². The van der Waals surface area contributed by atoms with Gasteiger partial charge >= 0.3 is 0 Å². The van der Waals surface area contributed by atoms with Crippen molar-refractivity contribution in [3.8, 4) is 0 Å². The molecule has 1 saturated heterocycles. The molecular weight excluding hydrogens is 244 g/mol. The van der Waals surface area contributed by atoms with Gasteiger partial charge in [-0.1, -0.05) is 0 Å². The van der Waals surface area contributed by atoms with Crippen LogP contribution in [-0.2, 0) is 4.79 Å². The molecule has 0 aromatic carbocycles. The first-order valence-electron chi connectivity index (χ1n) is 6.27. The zero-order chi connectivity index (χ0) is 13.8. The highest BCUT2D eigenvalue weighted by Gasteiger charge is 2.21. The van der Waals surface area contributed by atoms with Gasteiger partial charge < -0.3 is 15.1 Å². The standard InChI is InChI=1S/C13H18N4O2/c1-16(2)11-8-10(4-6-14-11)13(19)17-7-3-5-15-12(18)9-17/h4,6,8H,3,5,7,9H2,1-2H3,(H,15,18). The van der Waals surface area contributed by atoms with Gasteiger partial charge in [0.05, 0.1) is 6.54 Å². The molecule has 0 unspecified atom stereocenters. The van der Waals surface area contributed by atoms with E-state index in [2.05, 4.69) is 10.3 Å². The van der Waals surface area contributed by atoms with Crippen LogP contribution in [0.1, 0.15) is 16.8 Å². The van der Waals surface area contributed by atoms with Crippen LogP contribution in [0.3, 0.4) is 0 Å². The highest BCUT2D eigenvalue weighted by Crippen LogP contribution is 2.12. The lowest BCUT2D eigenvalue weighted by Gasteiger charge is -2.20. The lowest BCUT2D eigenvalue weighted by Crippen LogP contribution is -2.37. The van der Waals surface area contributed by atoms with Crippen molar-refractivity contribution in [2.75, 3.05) is 38.6 Å². The number of pyridine rings is 1. The van der Waals surface area contributed by atoms with E-state index in [0.717, 1.165) is 12.2 Å². The molecule has 102 valence electrons. The molecule has 1 fully saturated rings. The van der Waals surface area contributed by atoms with Crippen LogP contribution in [0.25, 0.3) is 0 Å². The molecule has 6 nitrogen and oxygen atoms in total. The van der Waals surface area contributed by atoms with Gasteiger partial charge in [0.1, 0.15) is 5.82 Å². The molecular formula is C13H18N4O2. The van der Waals surface area contributed by atoms with Crippen molar-refractivity contribution in [1.82, 2.24) is 15.2 Å². The van der Waals surface area contributed by atoms with Gasteiger partial charge in [0.2, 0.25) is 5.91 Å². The van der Waals surface area contributed by atoms with Crippen LogP contribution < -0.4 is 10.2 Å². The minimum absolute atomic E-state index is 0.104. The second-order valence-electron chi connectivity index (χ2n) is 4.73. The van der Waals surface area contributed by atoms with Crippen molar-refractivity contribution < 1.29 is 9.59 Å². The molecule has 0 atom stereocenters. The van der Waals surface area contributed by atoms with Gasteiger partial charge in [-0.25, -0.2) is 4.98 Å². The molecule has 1 N–H and O–H groups in total. The first-order valence-corrected chi connectivity index (χ1v) is 6.27. The third-order valence-electron chi connectivity index (χ3n) is 3.00. The molecule has 1 aliphatic rings. The quantitative estimate of drug-likeness (QED) is 0.821. The number of anilines is 1. The molecule has 1 aromatic heterocycles. The average Bonchev–Trinajstić information content (AvgIpc) is 2.62. The van der Waals surface area contributed by atoms with Gasteiger partial charge in [-0.05, 0) is 18.6 Å². The van der Waals surface area contributed by atoms with E-state index in [1.807, 2.05) is 19.0 Å². The maximum absolute atomic E-state index is 12.4. The Morgan fingerprint density at radius 1 is 1.47 bits per heavy atom. The Labute approximate surface area is 112 Å². The third-order valence-corrected chi connectivity index (χ3v) is 3.00. The van der Waals surface area contributed by atoms with Crippen LogP contribution >= 0.6 is 0 Å². The van der Waals surface area contributed by atoms with Gasteiger partial charge in [0, 0.05) is 38.9 Å². The monoisotopic (exact) mass is 262 g/mol. The Balaban J connectivity index is 2.18. The molecule has 2 amide bonds. The van der Waals surface area contributed by atoms with Gasteiger partial charge in [-0.3, -0.25) is 9.59 Å². The molecule has 2 heterocycles. The maximum atomic E-state index is 12.4. The number of aromatic nitrogens is 1. The lowest BCUT2D eigenvalue weighted by molar-refractivity contribution is -0.121. The average molecular weight is 262 g/mol. The van der Waals surface area contributed by atoms with Gasteiger partial charge in [0.25, 0.3) is 5.91 Å². The van der Waals surface area contributed by atoms with Crippen molar-refractivity contribution >= 4 is 17.6 Å². The zero-order valence-corrected chi connectivity index (χ0v) is 11.2. The first-order chi connectivity index (χ1) is 9.08. The van der Waals surface area contributed by atoms with E-state index in [4.69, 9.17) is 0 Å². The van der Waals surface area contributed by atoms with Crippen LogP contribution in [0.2, 0.25) is 0 Å². The van der Waals surface area contributed by atoms with Crippen LogP contribution in [0.4, 0.5) is 5.82 Å². The van der Waals surface area contributed by atoms with Crippen molar-refractivity contribution in [3.63, 3.8) is 0 Å². The van der Waals surface area contributed by atoms with E-state index in [1.54, 1.807) is 23.2 Å². The summed E-state index contributed by atoms with van der Waals surface area (Å²) in [5.41, 5.74) is 0.563. The largest absolute Gasteiger partial charge is 0.363 e. The summed E-state index contributed by atoms with van der Waals surface area (Å²) in [6.45, 7) is 1.34. The van der Waals surface area contributed by atoms with E-state index >= 15 is 0 Å². The van der Waals surface area contributed by atoms with Crippen molar-refractivity contribution in [2.24, 2.45) is 0 Å². The smallest absolute Gasteiger partial charge is 0.254 e. The summed E-state index contributed by atoms with van der Waals surface area (Å²) >= 11 is 0. The van der Waals surface area contributed by atoms with Crippen molar-refractivity contribution in [1.29, 1.82) is 0 Å². The molecule has 0 saturated carbocycles. The normalized spacial score (nSPS) is 15.7. The SMILES string of the molecule is CN(C)c1cc(C(=O)N2CCCNC(=O)C2)ccn1. The van der Waals surface area contributed by atoms with Crippen LogP contribution in [0.15, 0.2) is 18.3 Å². The second kappa shape index (κ2) is 5.69. The summed E-state index contributed by atoms with van der Waals surface area (Å²) in [4.78, 5) is 31.4. The molecule has 0 bridgehead atoms. The highest BCUT2D eigenvalue weighted by atomic mass is 16.2. The first kappa shape index (κ1) is 13.3. The van der Waals surface area contributed by atoms with Gasteiger partial charge in [-0.15, -0.1) is 0 Å². The minimum Gasteiger partial charge on any atom is -0.363 e. The predicted molar refractivity (Wildman–Crippen MR) is 72.1 cm³/mol. The number of nitrogens with zero attached hydrogens (tertiary/aromatic N) is 3. The Kier molecular flexibility index (Phi) is 3.99. The summed E-state index contributed by atoms with van der Waals surface area (Å²) in [5, 5.41) is 2.76. The van der Waals surface area contributed by atoms with E-state index in [0.29, 0.717) is 18.7 Å². The summed E-state index contributed by atoms with van der Waals surface area (Å²) in [6, 6.07) is 3.42. The number of carbonyl (C=O) groups is 2. The van der Waals surface area contributed by atoms with Crippen LogP contribution in [-0.4, -0.2) is 55.4 Å². The molecule has 2 rings (SSSR count). The number of nitrogens with one attached hydrogen (secondary N) is 1. The number of carbonyl (C=O) groups excluding carboxylic acids is 2. The van der Waals surface area contributed by atoms with E-state index < -0.39 is 0 Å². The third kappa shape index (κ3) is 3.21. The Bertz CT molecular complexity index is 487. The molecule has 6 heteroatoms. The number of hydrogen-bond acceptors (Lipinski definition) is 4. The molecule has 1 aliphatic heterocycles. The summed E-state index contributed by atoms with van der Waals surface area (Å²) in [6.07, 6.45) is 2.39. The Morgan fingerprint density at radius 2 is 2.26 bits per heavy atom. The zero-order valence-electron chi connectivity index (χ0n) is 11.2. The molecule has 0 radical (unpaired) electrons. The van der Waals surface area contributed by atoms with E-state index in [-0.39, 0.29) is 18.4 Å². The Morgan fingerprint density at radius 3 is 3.00 bits per heavy atom. The molecule has 0 aliphatic carbocycles. The van der Waals surface area contributed by atoms with Crippen LogP contribution in [0.5, 0.6) is 0 Å². The van der Waals surface area contributed by atoms with E-state index in [9.17, 15) is 9.59 Å². The molecule has 0 spiro atoms. The molecule has 19 heavy (non-hydrogen) atoms. The Hall–Kier alpha value is -2.11. The molecule has 1 aromatic rings. The van der Waals surface area contributed by atoms with E-state index in [1.165, 1.54) is 0 Å². The minimum atomic E-state index is -0.123. The topological polar surface area (TPSA) is 65.5 Å². The summed E-state index contributed by atoms with van der Waals surface area (Å²) in [5.74, 6) is 0.500. The van der Waals surface area contributed by atoms with Crippen LogP contribution in [0, 0.1) is 0 Å². The number of amides is 2. The fraction of sp³-hybridized carbons (Fsp3) is 0.462.